The van der Waals surface area contributed by atoms with Crippen LogP contribution in [0.1, 0.15) is 15.9 Å². The Kier molecular flexibility index (Phi) is 5.60. The van der Waals surface area contributed by atoms with E-state index in [1.165, 1.54) is 0 Å². The summed E-state index contributed by atoms with van der Waals surface area (Å²) in [4.78, 5) is 14.7. The zero-order valence-electron chi connectivity index (χ0n) is 15.4. The Morgan fingerprint density at radius 2 is 1.96 bits per heavy atom. The number of benzene rings is 2. The fourth-order valence-corrected chi connectivity index (χ4v) is 3.35. The fourth-order valence-electron chi connectivity index (χ4n) is 2.87. The second-order valence-corrected chi connectivity index (χ2v) is 7.06. The topological polar surface area (TPSA) is 74.0 Å². The van der Waals surface area contributed by atoms with Gasteiger partial charge in [-0.3, -0.25) is 4.79 Å². The van der Waals surface area contributed by atoms with Crippen LogP contribution in [0.3, 0.4) is 0 Å². The van der Waals surface area contributed by atoms with Gasteiger partial charge in [0.25, 0.3) is 0 Å². The number of carbonyl (C=O) groups is 1. The van der Waals surface area contributed by atoms with Crippen LogP contribution in [-0.4, -0.2) is 40.2 Å². The van der Waals surface area contributed by atoms with Crippen LogP contribution in [-0.2, 0) is 0 Å². The molecule has 2 aromatic carbocycles. The van der Waals surface area contributed by atoms with E-state index < -0.39 is 0 Å². The molecular formula is C20H21BrN2O4. The summed E-state index contributed by atoms with van der Waals surface area (Å²) < 4.78 is 17.1. The maximum atomic E-state index is 12.8. The van der Waals surface area contributed by atoms with Crippen LogP contribution in [0.5, 0.6) is 17.2 Å². The minimum Gasteiger partial charge on any atom is -0.492 e. The van der Waals surface area contributed by atoms with Gasteiger partial charge in [-0.1, -0.05) is 0 Å². The number of hydrogen-bond donors (Lipinski definition) is 1. The van der Waals surface area contributed by atoms with Gasteiger partial charge in [0.2, 0.25) is 5.75 Å². The fraction of sp³-hybridized carbons (Fsp3) is 0.250. The Morgan fingerprint density at radius 1 is 1.22 bits per heavy atom. The molecule has 6 nitrogen and oxygen atoms in total. The molecule has 0 atom stereocenters. The molecule has 3 rings (SSSR count). The summed E-state index contributed by atoms with van der Waals surface area (Å²) in [6.07, 6.45) is 1.70. The number of carbonyl (C=O) groups excluding carboxylic acids is 1. The van der Waals surface area contributed by atoms with Crippen LogP contribution < -0.4 is 24.8 Å². The lowest BCUT2D eigenvalue weighted by Gasteiger charge is -2.21. The van der Waals surface area contributed by atoms with Crippen molar-refractivity contribution in [3.05, 3.63) is 45.9 Å². The minimum atomic E-state index is -0.177. The Labute approximate surface area is 166 Å². The van der Waals surface area contributed by atoms with Gasteiger partial charge in [0.15, 0.2) is 17.3 Å². The van der Waals surface area contributed by atoms with Gasteiger partial charge in [0.1, 0.15) is 13.2 Å². The second kappa shape index (κ2) is 7.92. The highest BCUT2D eigenvalue weighted by molar-refractivity contribution is 9.12. The van der Waals surface area contributed by atoms with E-state index in [4.69, 9.17) is 19.9 Å². The number of ether oxygens (including phenoxy) is 3. The van der Waals surface area contributed by atoms with Crippen molar-refractivity contribution < 1.29 is 19.0 Å². The molecule has 0 radical (unpaired) electrons. The number of allylic oxidation sites excluding steroid dienone is 1. The zero-order chi connectivity index (χ0) is 19.6. The summed E-state index contributed by atoms with van der Waals surface area (Å²) in [5, 5.41) is 0. The molecule has 142 valence electrons. The third-order valence-electron chi connectivity index (χ3n) is 4.17. The first kappa shape index (κ1) is 19.1. The lowest BCUT2D eigenvalue weighted by atomic mass is 10.1. The predicted molar refractivity (Wildman–Crippen MR) is 110 cm³/mol. The third-order valence-corrected chi connectivity index (χ3v) is 4.76. The number of nitrogen functional groups attached to an aromatic ring is 1. The van der Waals surface area contributed by atoms with Gasteiger partial charge in [-0.2, -0.15) is 0 Å². The molecule has 2 aromatic rings. The molecule has 0 aromatic heterocycles. The number of ketones is 1. The summed E-state index contributed by atoms with van der Waals surface area (Å²) in [7, 11) is 5.36. The van der Waals surface area contributed by atoms with Gasteiger partial charge in [-0.15, -0.1) is 0 Å². The SMILES string of the molecule is COc1c(C=C(Br)C(=O)c2ccc(N(C)C)c(N)c2)ccc2c1OCCO2. The minimum absolute atomic E-state index is 0.177. The number of methoxy groups -OCH3 is 1. The first-order valence-electron chi connectivity index (χ1n) is 8.37. The van der Waals surface area contributed by atoms with Crippen LogP contribution in [0.15, 0.2) is 34.8 Å². The van der Waals surface area contributed by atoms with Crippen molar-refractivity contribution in [2.45, 2.75) is 0 Å². The number of halogens is 1. The molecule has 0 amide bonds. The van der Waals surface area contributed by atoms with E-state index in [9.17, 15) is 4.79 Å². The van der Waals surface area contributed by atoms with Crippen molar-refractivity contribution >= 4 is 39.2 Å². The van der Waals surface area contributed by atoms with E-state index in [2.05, 4.69) is 15.9 Å². The maximum absolute atomic E-state index is 12.8. The highest BCUT2D eigenvalue weighted by Gasteiger charge is 2.20. The number of anilines is 2. The number of nitrogens with two attached hydrogens (primary N) is 1. The van der Waals surface area contributed by atoms with E-state index in [-0.39, 0.29) is 5.78 Å². The molecule has 1 aliphatic heterocycles. The first-order chi connectivity index (χ1) is 12.9. The average Bonchev–Trinajstić information content (AvgIpc) is 2.66. The molecule has 0 unspecified atom stereocenters. The van der Waals surface area contributed by atoms with Crippen molar-refractivity contribution in [3.63, 3.8) is 0 Å². The largest absolute Gasteiger partial charge is 0.492 e. The highest BCUT2D eigenvalue weighted by Crippen LogP contribution is 2.42. The van der Waals surface area contributed by atoms with Gasteiger partial charge >= 0.3 is 0 Å². The number of rotatable bonds is 5. The molecular weight excluding hydrogens is 412 g/mol. The number of hydrogen-bond acceptors (Lipinski definition) is 6. The van der Waals surface area contributed by atoms with Crippen LogP contribution in [0, 0.1) is 0 Å². The van der Waals surface area contributed by atoms with Crippen molar-refractivity contribution in [2.24, 2.45) is 0 Å². The monoisotopic (exact) mass is 432 g/mol. The standard InChI is InChI=1S/C20H21BrN2O4/c1-23(2)16-6-4-12(11-15(16)22)18(24)14(21)10-13-5-7-17-20(19(13)25-3)27-9-8-26-17/h4-7,10-11H,8-9,22H2,1-3H3. The van der Waals surface area contributed by atoms with Crippen LogP contribution >= 0.6 is 15.9 Å². The molecule has 0 fully saturated rings. The highest BCUT2D eigenvalue weighted by atomic mass is 79.9. The molecule has 0 bridgehead atoms. The van der Waals surface area contributed by atoms with Crippen molar-refractivity contribution in [3.8, 4) is 17.2 Å². The molecule has 2 N–H and O–H groups in total. The Morgan fingerprint density at radius 3 is 2.63 bits per heavy atom. The summed E-state index contributed by atoms with van der Waals surface area (Å²) in [6.45, 7) is 0.950. The van der Waals surface area contributed by atoms with E-state index >= 15 is 0 Å². The molecule has 1 heterocycles. The Hall–Kier alpha value is -2.67. The van der Waals surface area contributed by atoms with Gasteiger partial charge in [-0.05, 0) is 52.3 Å². The molecule has 7 heteroatoms. The van der Waals surface area contributed by atoms with Gasteiger partial charge < -0.3 is 24.8 Å². The zero-order valence-corrected chi connectivity index (χ0v) is 17.0. The van der Waals surface area contributed by atoms with E-state index in [0.29, 0.717) is 51.8 Å². The number of fused-ring (bicyclic) bond motifs is 1. The summed E-state index contributed by atoms with van der Waals surface area (Å²) >= 11 is 3.38. The van der Waals surface area contributed by atoms with Gasteiger partial charge in [0.05, 0.1) is 23.0 Å². The van der Waals surface area contributed by atoms with Gasteiger partial charge in [-0.25, -0.2) is 0 Å². The molecule has 0 aliphatic carbocycles. The smallest absolute Gasteiger partial charge is 0.204 e. The van der Waals surface area contributed by atoms with Crippen LogP contribution in [0.2, 0.25) is 0 Å². The number of Topliss-reactive ketones (excluding diaryl/α,β-unsaturated/α-hetero) is 1. The third kappa shape index (κ3) is 3.88. The maximum Gasteiger partial charge on any atom is 0.204 e. The van der Waals surface area contributed by atoms with Crippen LogP contribution in [0.4, 0.5) is 11.4 Å². The van der Waals surface area contributed by atoms with Gasteiger partial charge in [0, 0.05) is 25.2 Å². The van der Waals surface area contributed by atoms with Crippen LogP contribution in [0.25, 0.3) is 6.08 Å². The first-order valence-corrected chi connectivity index (χ1v) is 9.17. The average molecular weight is 433 g/mol. The van der Waals surface area contributed by atoms with E-state index in [1.807, 2.05) is 31.1 Å². The van der Waals surface area contributed by atoms with E-state index in [1.54, 1.807) is 31.4 Å². The summed E-state index contributed by atoms with van der Waals surface area (Å²) in [6, 6.07) is 8.88. The lowest BCUT2D eigenvalue weighted by molar-refractivity contribution is 0.104. The normalized spacial score (nSPS) is 13.3. The quantitative estimate of drug-likeness (QED) is 0.440. The predicted octanol–water partition coefficient (Wildman–Crippen LogP) is 3.73. The summed E-state index contributed by atoms with van der Waals surface area (Å²) in [5.41, 5.74) is 8.67. The molecule has 0 saturated carbocycles. The second-order valence-electron chi connectivity index (χ2n) is 6.20. The molecule has 27 heavy (non-hydrogen) atoms. The van der Waals surface area contributed by atoms with Crippen molar-refractivity contribution in [1.29, 1.82) is 0 Å². The Balaban J connectivity index is 1.93. The van der Waals surface area contributed by atoms with Crippen molar-refractivity contribution in [1.82, 2.24) is 0 Å². The molecule has 0 saturated heterocycles. The number of nitrogens with zero attached hydrogens (tertiary/aromatic N) is 1. The van der Waals surface area contributed by atoms with E-state index in [0.717, 1.165) is 5.69 Å². The Bertz CT molecular complexity index is 909. The molecule has 0 spiro atoms. The lowest BCUT2D eigenvalue weighted by Crippen LogP contribution is -2.16. The van der Waals surface area contributed by atoms with Crippen molar-refractivity contribution in [2.75, 3.05) is 45.1 Å². The molecule has 1 aliphatic rings. The summed E-state index contributed by atoms with van der Waals surface area (Å²) in [5.74, 6) is 1.53.